The molecule has 0 N–H and O–H groups in total. The number of ether oxygens (including phenoxy) is 1. The fourth-order valence-electron chi connectivity index (χ4n) is 1.12. The van der Waals surface area contributed by atoms with E-state index in [1.165, 1.54) is 7.11 Å². The zero-order chi connectivity index (χ0) is 12.2. The summed E-state index contributed by atoms with van der Waals surface area (Å²) in [5.41, 5.74) is -0.732. The molecule has 0 aromatic heterocycles. The Hall–Kier alpha value is -1.10. The molecular weight excluding hydrogens is 274 g/mol. The summed E-state index contributed by atoms with van der Waals surface area (Å²) in [5, 5.41) is 0. The van der Waals surface area contributed by atoms with Crippen molar-refractivity contribution in [2.24, 2.45) is 0 Å². The number of hydrogen-bond acceptors (Lipinski definition) is 3. The number of nitrogens with zero attached hydrogens (tertiary/aromatic N) is 1. The van der Waals surface area contributed by atoms with Gasteiger partial charge in [0.05, 0.1) is 9.38 Å². The first kappa shape index (κ1) is 13.0. The van der Waals surface area contributed by atoms with Crippen molar-refractivity contribution in [3.63, 3.8) is 0 Å². The summed E-state index contributed by atoms with van der Waals surface area (Å²) in [5.74, 6) is 0.708. The lowest BCUT2D eigenvalue weighted by atomic mass is 10.1. The predicted molar refractivity (Wildman–Crippen MR) is 64.4 cm³/mol. The van der Waals surface area contributed by atoms with E-state index >= 15 is 0 Å². The summed E-state index contributed by atoms with van der Waals surface area (Å²) in [6.45, 7) is 3.74. The fraction of sp³-hybridized carbons (Fsp3) is 0.455. The molecule has 0 fully saturated rings. The van der Waals surface area contributed by atoms with Crippen LogP contribution in [0.3, 0.4) is 0 Å². The van der Waals surface area contributed by atoms with Crippen LogP contribution in [0.1, 0.15) is 13.8 Å². The Morgan fingerprint density at radius 1 is 1.38 bits per heavy atom. The van der Waals surface area contributed by atoms with Crippen molar-refractivity contribution in [2.45, 2.75) is 19.4 Å². The highest BCUT2D eigenvalue weighted by Crippen LogP contribution is 2.25. The molecular formula is C11H15BrNO3+. The average molecular weight is 289 g/mol. The highest BCUT2D eigenvalue weighted by molar-refractivity contribution is 9.10. The number of halogens is 1. The van der Waals surface area contributed by atoms with Crippen LogP contribution in [0.5, 0.6) is 5.75 Å². The highest BCUT2D eigenvalue weighted by Gasteiger charge is 2.39. The molecule has 5 heteroatoms. The summed E-state index contributed by atoms with van der Waals surface area (Å²) in [6.07, 6.45) is 0. The van der Waals surface area contributed by atoms with Crippen molar-refractivity contribution >= 4 is 15.9 Å². The summed E-state index contributed by atoms with van der Waals surface area (Å²) in [4.78, 5) is 16.5. The average Bonchev–Trinajstić information content (AvgIpc) is 2.27. The standard InChI is InChI=1S/C11H15BrNO3/c1-11(2,13(14)15-3)8-16-10-7-5-4-6-9(10)12/h4-7H,8H2,1-3H3/q+1. The van der Waals surface area contributed by atoms with E-state index in [4.69, 9.17) is 4.74 Å². The van der Waals surface area contributed by atoms with Crippen molar-refractivity contribution in [1.82, 2.24) is 0 Å². The maximum Gasteiger partial charge on any atom is 0.293 e. The van der Waals surface area contributed by atoms with E-state index in [2.05, 4.69) is 20.8 Å². The monoisotopic (exact) mass is 288 g/mol. The number of hydrogen-bond donors (Lipinski definition) is 0. The van der Waals surface area contributed by atoms with Crippen LogP contribution in [-0.4, -0.2) is 24.2 Å². The van der Waals surface area contributed by atoms with E-state index in [9.17, 15) is 4.91 Å². The minimum atomic E-state index is -0.732. The number of benzene rings is 1. The van der Waals surface area contributed by atoms with E-state index in [0.29, 0.717) is 10.7 Å². The van der Waals surface area contributed by atoms with Crippen molar-refractivity contribution < 1.29 is 14.5 Å². The van der Waals surface area contributed by atoms with Crippen LogP contribution in [-0.2, 0) is 4.84 Å². The molecule has 1 rings (SSSR count). The van der Waals surface area contributed by atoms with Gasteiger partial charge in [-0.1, -0.05) is 12.1 Å². The Labute approximate surface area is 103 Å². The molecule has 88 valence electrons. The van der Waals surface area contributed by atoms with Gasteiger partial charge in [-0.25, -0.2) is 4.84 Å². The van der Waals surface area contributed by atoms with Crippen LogP contribution in [0.15, 0.2) is 28.7 Å². The van der Waals surface area contributed by atoms with Gasteiger partial charge in [-0.15, -0.1) is 0 Å². The van der Waals surface area contributed by atoms with Gasteiger partial charge in [0.15, 0.2) is 13.7 Å². The van der Waals surface area contributed by atoms with Gasteiger partial charge < -0.3 is 4.74 Å². The molecule has 0 saturated heterocycles. The number of rotatable bonds is 5. The second-order valence-electron chi connectivity index (χ2n) is 3.97. The first-order valence-electron chi connectivity index (χ1n) is 4.86. The molecule has 16 heavy (non-hydrogen) atoms. The summed E-state index contributed by atoms with van der Waals surface area (Å²) < 4.78 is 6.42. The Balaban J connectivity index is 2.65. The van der Waals surface area contributed by atoms with Crippen molar-refractivity contribution in [1.29, 1.82) is 0 Å². The Morgan fingerprint density at radius 2 is 2.00 bits per heavy atom. The maximum absolute atomic E-state index is 11.3. The van der Waals surface area contributed by atoms with E-state index in [1.807, 2.05) is 24.3 Å². The van der Waals surface area contributed by atoms with Gasteiger partial charge in [0.1, 0.15) is 5.75 Å². The lowest BCUT2D eigenvalue weighted by Gasteiger charge is -2.14. The molecule has 0 spiro atoms. The molecule has 0 atom stereocenters. The first-order valence-corrected chi connectivity index (χ1v) is 5.65. The van der Waals surface area contributed by atoms with Gasteiger partial charge in [-0.3, -0.25) is 0 Å². The Morgan fingerprint density at radius 3 is 2.56 bits per heavy atom. The van der Waals surface area contributed by atoms with Crippen LogP contribution >= 0.6 is 15.9 Å². The highest BCUT2D eigenvalue weighted by atomic mass is 79.9. The lowest BCUT2D eigenvalue weighted by Crippen LogP contribution is -2.40. The molecule has 0 aliphatic rings. The van der Waals surface area contributed by atoms with Gasteiger partial charge in [-0.2, -0.15) is 0 Å². The molecule has 0 aliphatic carbocycles. The van der Waals surface area contributed by atoms with Crippen molar-refractivity contribution in [2.75, 3.05) is 13.7 Å². The minimum absolute atomic E-state index is 0.243. The molecule has 0 unspecified atom stereocenters. The molecule has 4 nitrogen and oxygen atoms in total. The van der Waals surface area contributed by atoms with Crippen LogP contribution in [0.2, 0.25) is 0 Å². The van der Waals surface area contributed by atoms with Gasteiger partial charge >= 0.3 is 0 Å². The second-order valence-corrected chi connectivity index (χ2v) is 4.83. The smallest absolute Gasteiger partial charge is 0.293 e. The normalized spacial score (nSPS) is 11.0. The number of para-hydroxylation sites is 1. The molecule has 0 heterocycles. The predicted octanol–water partition coefficient (Wildman–Crippen LogP) is 2.95. The van der Waals surface area contributed by atoms with E-state index in [1.54, 1.807) is 13.8 Å². The molecule has 1 aromatic rings. The topological polar surface area (TPSA) is 38.5 Å². The Bertz CT molecular complexity index is 379. The third-order valence-electron chi connectivity index (χ3n) is 2.08. The van der Waals surface area contributed by atoms with Gasteiger partial charge in [-0.05, 0) is 28.1 Å². The van der Waals surface area contributed by atoms with Crippen LogP contribution in [0, 0.1) is 4.91 Å². The third-order valence-corrected chi connectivity index (χ3v) is 2.73. The summed E-state index contributed by atoms with van der Waals surface area (Å²) >= 11 is 3.37. The summed E-state index contributed by atoms with van der Waals surface area (Å²) in [6, 6.07) is 7.49. The Kier molecular flexibility index (Phi) is 4.29. The maximum atomic E-state index is 11.3. The van der Waals surface area contributed by atoms with Gasteiger partial charge in [0, 0.05) is 13.8 Å². The van der Waals surface area contributed by atoms with Crippen molar-refractivity contribution in [3.8, 4) is 5.75 Å². The zero-order valence-electron chi connectivity index (χ0n) is 9.57. The molecule has 0 bridgehead atoms. The molecule has 0 aliphatic heterocycles. The third kappa shape index (κ3) is 3.20. The molecule has 0 amide bonds. The van der Waals surface area contributed by atoms with Gasteiger partial charge in [0.2, 0.25) is 4.92 Å². The molecule has 0 radical (unpaired) electrons. The minimum Gasteiger partial charge on any atom is -0.485 e. The van der Waals surface area contributed by atoms with Gasteiger partial charge in [0.25, 0.3) is 5.54 Å². The van der Waals surface area contributed by atoms with E-state index in [-0.39, 0.29) is 6.61 Å². The summed E-state index contributed by atoms with van der Waals surface area (Å²) in [7, 11) is 1.34. The zero-order valence-corrected chi connectivity index (χ0v) is 11.2. The van der Waals surface area contributed by atoms with E-state index < -0.39 is 5.54 Å². The largest absolute Gasteiger partial charge is 0.485 e. The molecule has 1 aromatic carbocycles. The van der Waals surface area contributed by atoms with Crippen LogP contribution < -0.4 is 4.74 Å². The van der Waals surface area contributed by atoms with Crippen molar-refractivity contribution in [3.05, 3.63) is 33.6 Å². The van der Waals surface area contributed by atoms with Crippen LogP contribution in [0.4, 0.5) is 0 Å². The first-order chi connectivity index (χ1) is 7.47. The van der Waals surface area contributed by atoms with Crippen LogP contribution in [0.25, 0.3) is 0 Å². The quantitative estimate of drug-likeness (QED) is 0.782. The fourth-order valence-corrected chi connectivity index (χ4v) is 1.52. The second kappa shape index (κ2) is 5.30. The lowest BCUT2D eigenvalue weighted by molar-refractivity contribution is -0.842. The SMILES string of the molecule is CO[N+](=O)C(C)(C)COc1ccccc1Br. The van der Waals surface area contributed by atoms with E-state index in [0.717, 1.165) is 4.47 Å². The molecule has 0 saturated carbocycles.